The van der Waals surface area contributed by atoms with Crippen LogP contribution in [0, 0.1) is 12.3 Å². The SMILES string of the molecule is COc1cc(N2CCN(CC(=O)N[C@H](C(=O)N3C[C@H](O)C[C@H]3C(=O)NCc3ccc(-c4scnc4C)cc3)C(C)(C)C)CC2)ccc1NC(=O)c1cccc(-c2ccn[nH]2)n1. The van der Waals surface area contributed by atoms with Gasteiger partial charge in [0.05, 0.1) is 52.9 Å². The van der Waals surface area contributed by atoms with Crippen molar-refractivity contribution in [3.8, 4) is 27.6 Å². The van der Waals surface area contributed by atoms with Crippen molar-refractivity contribution in [1.29, 1.82) is 0 Å². The molecule has 17 heteroatoms. The summed E-state index contributed by atoms with van der Waals surface area (Å²) in [6.07, 6.45) is 0.868. The lowest BCUT2D eigenvalue weighted by molar-refractivity contribution is -0.144. The molecule has 3 aromatic heterocycles. The Balaban J connectivity index is 0.912. The molecular formula is C44H52N10O6S. The number of methoxy groups -OCH3 is 1. The van der Waals surface area contributed by atoms with Gasteiger partial charge >= 0.3 is 0 Å². The van der Waals surface area contributed by atoms with Crippen molar-refractivity contribution in [3.63, 3.8) is 0 Å². The molecule has 0 aliphatic carbocycles. The van der Waals surface area contributed by atoms with Crippen LogP contribution in [-0.4, -0.2) is 123 Å². The minimum absolute atomic E-state index is 0.000120. The number of carbonyl (C=O) groups excluding carboxylic acids is 4. The van der Waals surface area contributed by atoms with Crippen LogP contribution in [0.15, 0.2) is 78.4 Å². The number of anilines is 2. The maximum Gasteiger partial charge on any atom is 0.274 e. The van der Waals surface area contributed by atoms with Crippen molar-refractivity contribution in [3.05, 3.63) is 95.4 Å². The molecule has 0 radical (unpaired) electrons. The molecule has 3 atom stereocenters. The van der Waals surface area contributed by atoms with E-state index < -0.39 is 29.5 Å². The van der Waals surface area contributed by atoms with E-state index >= 15 is 0 Å². The molecule has 2 aromatic carbocycles. The number of rotatable bonds is 13. The number of β-amino-alcohol motifs (C(OH)–C–C–N with tert-alkyl or cyclic N) is 1. The van der Waals surface area contributed by atoms with Gasteiger partial charge in [-0.05, 0) is 53.8 Å². The Hall–Kier alpha value is -6.17. The highest BCUT2D eigenvalue weighted by Gasteiger charge is 2.44. The molecule has 2 saturated heterocycles. The maximum atomic E-state index is 14.2. The molecule has 0 bridgehead atoms. The van der Waals surface area contributed by atoms with Gasteiger partial charge in [0, 0.05) is 63.6 Å². The summed E-state index contributed by atoms with van der Waals surface area (Å²) in [5.74, 6) is -0.946. The zero-order chi connectivity index (χ0) is 43.3. The third-order valence-corrected chi connectivity index (χ3v) is 12.0. The normalized spacial score (nSPS) is 17.5. The van der Waals surface area contributed by atoms with E-state index in [-0.39, 0.29) is 49.5 Å². The van der Waals surface area contributed by atoms with E-state index in [1.165, 1.54) is 4.90 Å². The number of amides is 4. The van der Waals surface area contributed by atoms with Gasteiger partial charge in [-0.2, -0.15) is 5.10 Å². The molecule has 5 aromatic rings. The number of aliphatic hydroxyl groups excluding tert-OH is 1. The fourth-order valence-electron chi connectivity index (χ4n) is 7.63. The summed E-state index contributed by atoms with van der Waals surface area (Å²) in [7, 11) is 1.55. The second kappa shape index (κ2) is 18.6. The van der Waals surface area contributed by atoms with E-state index in [1.807, 2.05) is 74.5 Å². The first kappa shape index (κ1) is 42.9. The fourth-order valence-corrected chi connectivity index (χ4v) is 8.44. The number of aryl methyl sites for hydroxylation is 1. The standard InChI is InChI=1S/C44H52N10O6S/c1-27-39(61-26-46-27)29-11-9-28(10-12-29)23-45-42(58)36-22-31(55)24-54(36)43(59)40(44(2,3)4)50-38(56)25-52-17-19-53(20-18-52)30-13-14-34(37(21-30)60-5)49-41(57)35-8-6-7-32(48-35)33-15-16-47-51-33/h6-16,21,26,31,36,40,55H,17-20,22-25H2,1-5H3,(H,45,58)(H,47,51)(H,49,57)(H,50,56)/t31-,36+,40-/m1/s1. The third kappa shape index (κ3) is 10.2. The zero-order valence-electron chi connectivity index (χ0n) is 35.0. The second-order valence-corrected chi connectivity index (χ2v) is 17.3. The lowest BCUT2D eigenvalue weighted by Gasteiger charge is -2.37. The number of nitrogens with one attached hydrogen (secondary N) is 4. The first-order valence-electron chi connectivity index (χ1n) is 20.3. The number of piperazine rings is 1. The molecule has 4 amide bonds. The van der Waals surface area contributed by atoms with E-state index in [0.29, 0.717) is 49.0 Å². The second-order valence-electron chi connectivity index (χ2n) is 16.4. The Kier molecular flexibility index (Phi) is 13.1. The van der Waals surface area contributed by atoms with E-state index in [2.05, 4.69) is 41.0 Å². The van der Waals surface area contributed by atoms with Crippen molar-refractivity contribution < 1.29 is 29.0 Å². The van der Waals surface area contributed by atoms with Crippen molar-refractivity contribution in [2.45, 2.75) is 58.8 Å². The van der Waals surface area contributed by atoms with Crippen LogP contribution in [0.4, 0.5) is 11.4 Å². The summed E-state index contributed by atoms with van der Waals surface area (Å²) in [5, 5.41) is 26.3. The molecule has 2 fully saturated rings. The maximum absolute atomic E-state index is 14.2. The minimum atomic E-state index is -0.924. The van der Waals surface area contributed by atoms with Gasteiger partial charge in [0.1, 0.15) is 23.5 Å². The van der Waals surface area contributed by atoms with Crippen molar-refractivity contribution in [2.24, 2.45) is 5.41 Å². The highest BCUT2D eigenvalue weighted by Crippen LogP contribution is 2.32. The largest absolute Gasteiger partial charge is 0.494 e. The number of thiazole rings is 1. The lowest BCUT2D eigenvalue weighted by atomic mass is 9.85. The number of aromatic amines is 1. The van der Waals surface area contributed by atoms with Gasteiger partial charge in [-0.3, -0.25) is 29.2 Å². The number of aromatic nitrogens is 4. The van der Waals surface area contributed by atoms with Crippen LogP contribution >= 0.6 is 11.3 Å². The van der Waals surface area contributed by atoms with Gasteiger partial charge in [-0.1, -0.05) is 51.1 Å². The predicted octanol–water partition coefficient (Wildman–Crippen LogP) is 4.10. The predicted molar refractivity (Wildman–Crippen MR) is 233 cm³/mol. The van der Waals surface area contributed by atoms with Gasteiger partial charge in [0.15, 0.2) is 0 Å². The average molecular weight is 849 g/mol. The third-order valence-electron chi connectivity index (χ3n) is 11.0. The average Bonchev–Trinajstić information content (AvgIpc) is 4.04. The number of hydrogen-bond acceptors (Lipinski definition) is 12. The van der Waals surface area contributed by atoms with E-state index in [1.54, 1.807) is 55.0 Å². The first-order valence-corrected chi connectivity index (χ1v) is 21.1. The van der Waals surface area contributed by atoms with Crippen LogP contribution in [0.1, 0.15) is 48.9 Å². The van der Waals surface area contributed by atoms with Gasteiger partial charge in [0.25, 0.3) is 5.91 Å². The van der Waals surface area contributed by atoms with Crippen LogP contribution in [0.2, 0.25) is 0 Å². The number of pyridine rings is 1. The molecule has 0 spiro atoms. The van der Waals surface area contributed by atoms with Crippen molar-refractivity contribution in [2.75, 3.05) is 56.6 Å². The van der Waals surface area contributed by atoms with Crippen LogP contribution in [0.5, 0.6) is 5.75 Å². The smallest absolute Gasteiger partial charge is 0.274 e. The zero-order valence-corrected chi connectivity index (χ0v) is 35.8. The molecule has 2 aliphatic rings. The Morgan fingerprint density at radius 1 is 1.02 bits per heavy atom. The van der Waals surface area contributed by atoms with Crippen LogP contribution in [0.3, 0.4) is 0 Å². The first-order chi connectivity index (χ1) is 29.3. The summed E-state index contributed by atoms with van der Waals surface area (Å²) in [5.41, 5.74) is 7.02. The molecule has 5 heterocycles. The Bertz CT molecular complexity index is 2340. The molecule has 320 valence electrons. The number of carbonyl (C=O) groups is 4. The van der Waals surface area contributed by atoms with Gasteiger partial charge in [-0.15, -0.1) is 11.3 Å². The molecule has 61 heavy (non-hydrogen) atoms. The van der Waals surface area contributed by atoms with E-state index in [4.69, 9.17) is 4.74 Å². The van der Waals surface area contributed by atoms with Crippen molar-refractivity contribution in [1.82, 2.24) is 40.6 Å². The number of benzene rings is 2. The summed E-state index contributed by atoms with van der Waals surface area (Å²) in [6.45, 7) is 10.4. The summed E-state index contributed by atoms with van der Waals surface area (Å²) in [4.78, 5) is 69.9. The summed E-state index contributed by atoms with van der Waals surface area (Å²) < 4.78 is 5.66. The monoisotopic (exact) mass is 848 g/mol. The number of nitrogens with zero attached hydrogens (tertiary/aromatic N) is 6. The molecule has 16 nitrogen and oxygen atoms in total. The van der Waals surface area contributed by atoms with Gasteiger partial charge in [-0.25, -0.2) is 9.97 Å². The molecule has 0 saturated carbocycles. The lowest BCUT2D eigenvalue weighted by Crippen LogP contribution is -2.59. The minimum Gasteiger partial charge on any atom is -0.494 e. The Morgan fingerprint density at radius 2 is 1.79 bits per heavy atom. The Labute approximate surface area is 358 Å². The van der Waals surface area contributed by atoms with Crippen LogP contribution in [0.25, 0.3) is 21.8 Å². The highest BCUT2D eigenvalue weighted by molar-refractivity contribution is 7.13. The number of ether oxygens (including phenoxy) is 1. The molecule has 0 unspecified atom stereocenters. The van der Waals surface area contributed by atoms with E-state index in [9.17, 15) is 24.3 Å². The number of aliphatic hydroxyl groups is 1. The van der Waals surface area contributed by atoms with Gasteiger partial charge in [0.2, 0.25) is 17.7 Å². The van der Waals surface area contributed by atoms with Crippen molar-refractivity contribution >= 4 is 46.3 Å². The van der Waals surface area contributed by atoms with Crippen LogP contribution in [-0.2, 0) is 20.9 Å². The summed E-state index contributed by atoms with van der Waals surface area (Å²) in [6, 6.07) is 18.7. The topological polar surface area (TPSA) is 198 Å². The highest BCUT2D eigenvalue weighted by atomic mass is 32.1. The quantitative estimate of drug-likeness (QED) is 0.114. The Morgan fingerprint density at radius 3 is 2.46 bits per heavy atom. The van der Waals surface area contributed by atoms with Crippen LogP contribution < -0.4 is 25.6 Å². The molecular weight excluding hydrogens is 797 g/mol. The fraction of sp³-hybridized carbons (Fsp3) is 0.386. The molecule has 7 rings (SSSR count). The van der Waals surface area contributed by atoms with Gasteiger partial charge < -0.3 is 35.6 Å². The number of H-pyrrole nitrogens is 1. The molecule has 5 N–H and O–H groups in total. The summed E-state index contributed by atoms with van der Waals surface area (Å²) >= 11 is 1.58. The molecule has 2 aliphatic heterocycles. The van der Waals surface area contributed by atoms with E-state index in [0.717, 1.165) is 27.4 Å². The number of hydrogen-bond donors (Lipinski definition) is 5. The number of likely N-dealkylation sites (tertiary alicyclic amines) is 1.